The van der Waals surface area contributed by atoms with E-state index < -0.39 is 17.3 Å². The number of ether oxygens (including phenoxy) is 1. The molecule has 2 aliphatic rings. The van der Waals surface area contributed by atoms with E-state index in [2.05, 4.69) is 15.0 Å². The minimum Gasteiger partial charge on any atom is -0.377 e. The van der Waals surface area contributed by atoms with Crippen molar-refractivity contribution in [1.82, 2.24) is 19.7 Å². The molecule has 0 amide bonds. The summed E-state index contributed by atoms with van der Waals surface area (Å²) in [6, 6.07) is 1.95. The van der Waals surface area contributed by atoms with Gasteiger partial charge in [-0.1, -0.05) is 11.6 Å². The number of alkyl halides is 3. The maximum Gasteiger partial charge on any atom is 0.417 e. The number of halogens is 4. The van der Waals surface area contributed by atoms with Crippen LogP contribution in [0, 0.1) is 0 Å². The summed E-state index contributed by atoms with van der Waals surface area (Å²) in [6.45, 7) is 4.75. The number of pyridine rings is 1. The number of piperazine rings is 1. The van der Waals surface area contributed by atoms with E-state index in [1.54, 1.807) is 0 Å². The van der Waals surface area contributed by atoms with Gasteiger partial charge in [0.1, 0.15) is 5.02 Å². The molecular weight excluding hydrogens is 423 g/mol. The summed E-state index contributed by atoms with van der Waals surface area (Å²) in [7, 11) is 0. The third kappa shape index (κ3) is 4.45. The normalized spacial score (nSPS) is 20.7. The first-order valence-electron chi connectivity index (χ1n) is 9.73. The topological polar surface area (TPSA) is 63.5 Å². The summed E-state index contributed by atoms with van der Waals surface area (Å²) >= 11 is 6.30. The average molecular weight is 444 g/mol. The van der Waals surface area contributed by atoms with E-state index >= 15 is 0 Å². The number of rotatable bonds is 4. The molecule has 11 heteroatoms. The Hall–Kier alpha value is -2.17. The van der Waals surface area contributed by atoms with Gasteiger partial charge in [-0.05, 0) is 25.0 Å². The quantitative estimate of drug-likeness (QED) is 0.724. The molecular formula is C19H21ClF3N5O2. The summed E-state index contributed by atoms with van der Waals surface area (Å²) in [5.41, 5.74) is -1.01. The van der Waals surface area contributed by atoms with Crippen LogP contribution in [0.3, 0.4) is 0 Å². The highest BCUT2D eigenvalue weighted by atomic mass is 35.5. The molecule has 0 N–H and O–H groups in total. The molecule has 2 aromatic heterocycles. The highest BCUT2D eigenvalue weighted by molar-refractivity contribution is 6.33. The lowest BCUT2D eigenvalue weighted by Crippen LogP contribution is -2.49. The van der Waals surface area contributed by atoms with Crippen molar-refractivity contribution in [3.8, 4) is 5.82 Å². The zero-order valence-corrected chi connectivity index (χ0v) is 16.9. The van der Waals surface area contributed by atoms with Crippen LogP contribution < -0.4 is 10.5 Å². The molecule has 4 heterocycles. The second-order valence-corrected chi connectivity index (χ2v) is 7.76. The molecule has 0 saturated carbocycles. The van der Waals surface area contributed by atoms with Crippen molar-refractivity contribution in [3.63, 3.8) is 0 Å². The number of anilines is 1. The third-order valence-electron chi connectivity index (χ3n) is 5.39. The van der Waals surface area contributed by atoms with Gasteiger partial charge in [0.25, 0.3) is 5.56 Å². The van der Waals surface area contributed by atoms with Crippen LogP contribution in [0.15, 0.2) is 29.3 Å². The zero-order valence-electron chi connectivity index (χ0n) is 16.1. The second-order valence-electron chi connectivity index (χ2n) is 7.39. The van der Waals surface area contributed by atoms with E-state index in [0.717, 1.165) is 55.9 Å². The van der Waals surface area contributed by atoms with Crippen molar-refractivity contribution in [2.45, 2.75) is 25.1 Å². The van der Waals surface area contributed by atoms with Crippen molar-refractivity contribution >= 4 is 17.3 Å². The fourth-order valence-corrected chi connectivity index (χ4v) is 3.98. The number of hydrogen-bond donors (Lipinski definition) is 0. The van der Waals surface area contributed by atoms with Gasteiger partial charge in [-0.25, -0.2) is 4.98 Å². The first kappa shape index (κ1) is 21.1. The Labute approximate surface area is 176 Å². The molecule has 0 spiro atoms. The van der Waals surface area contributed by atoms with Crippen molar-refractivity contribution < 1.29 is 17.9 Å². The van der Waals surface area contributed by atoms with E-state index in [9.17, 15) is 18.0 Å². The minimum atomic E-state index is -4.50. The maximum absolute atomic E-state index is 12.7. The van der Waals surface area contributed by atoms with Gasteiger partial charge in [-0.3, -0.25) is 9.69 Å². The largest absolute Gasteiger partial charge is 0.417 e. The van der Waals surface area contributed by atoms with Gasteiger partial charge in [0.2, 0.25) is 0 Å². The smallest absolute Gasteiger partial charge is 0.377 e. The summed E-state index contributed by atoms with van der Waals surface area (Å²) < 4.78 is 44.7. The Morgan fingerprint density at radius 1 is 1.17 bits per heavy atom. The molecule has 2 aromatic rings. The summed E-state index contributed by atoms with van der Waals surface area (Å²) in [5, 5.41) is 4.05. The summed E-state index contributed by atoms with van der Waals surface area (Å²) in [6.07, 6.45) is 0.110. The van der Waals surface area contributed by atoms with Crippen molar-refractivity contribution in [3.05, 3.63) is 45.5 Å². The number of aromatic nitrogens is 3. The molecule has 2 saturated heterocycles. The predicted octanol–water partition coefficient (Wildman–Crippen LogP) is 2.60. The summed E-state index contributed by atoms with van der Waals surface area (Å²) in [5.74, 6) is -0.0252. The maximum atomic E-state index is 12.7. The molecule has 0 unspecified atom stereocenters. The second kappa shape index (κ2) is 8.52. The van der Waals surface area contributed by atoms with Gasteiger partial charge in [0.15, 0.2) is 5.82 Å². The highest BCUT2D eigenvalue weighted by Crippen LogP contribution is 2.29. The average Bonchev–Trinajstić information content (AvgIpc) is 3.23. The third-order valence-corrected chi connectivity index (χ3v) is 5.75. The summed E-state index contributed by atoms with van der Waals surface area (Å²) in [4.78, 5) is 20.7. The Morgan fingerprint density at radius 2 is 1.93 bits per heavy atom. The van der Waals surface area contributed by atoms with Crippen LogP contribution in [-0.4, -0.2) is 65.1 Å². The van der Waals surface area contributed by atoms with E-state index in [4.69, 9.17) is 16.3 Å². The van der Waals surface area contributed by atoms with Crippen molar-refractivity contribution in [2.75, 3.05) is 44.2 Å². The lowest BCUT2D eigenvalue weighted by Gasteiger charge is -2.37. The van der Waals surface area contributed by atoms with E-state index in [1.165, 1.54) is 6.20 Å². The first-order chi connectivity index (χ1) is 14.3. The van der Waals surface area contributed by atoms with Gasteiger partial charge in [-0.15, -0.1) is 0 Å². The Balaban J connectivity index is 1.46. The predicted molar refractivity (Wildman–Crippen MR) is 105 cm³/mol. The van der Waals surface area contributed by atoms with Crippen LogP contribution in [0.1, 0.15) is 18.4 Å². The fraction of sp³-hybridized carbons (Fsp3) is 0.526. The van der Waals surface area contributed by atoms with Crippen molar-refractivity contribution in [1.29, 1.82) is 0 Å². The van der Waals surface area contributed by atoms with Crippen molar-refractivity contribution in [2.24, 2.45) is 0 Å². The molecule has 7 nitrogen and oxygen atoms in total. The van der Waals surface area contributed by atoms with E-state index in [0.29, 0.717) is 31.1 Å². The molecule has 2 fully saturated rings. The van der Waals surface area contributed by atoms with E-state index in [1.807, 2.05) is 4.90 Å². The SMILES string of the molecule is O=c1c(Cl)c(N2CCN(C[C@@H]3CCCO3)CC2)cnn1-c1ccc(C(F)(F)F)cn1. The van der Waals surface area contributed by atoms with Gasteiger partial charge >= 0.3 is 6.18 Å². The molecule has 30 heavy (non-hydrogen) atoms. The first-order valence-corrected chi connectivity index (χ1v) is 10.1. The van der Waals surface area contributed by atoms with Gasteiger partial charge in [0.05, 0.1) is 23.6 Å². The van der Waals surface area contributed by atoms with Gasteiger partial charge < -0.3 is 9.64 Å². The van der Waals surface area contributed by atoms with Gasteiger partial charge in [-0.2, -0.15) is 23.0 Å². The zero-order chi connectivity index (χ0) is 21.3. The Kier molecular flexibility index (Phi) is 5.99. The Morgan fingerprint density at radius 3 is 2.53 bits per heavy atom. The molecule has 0 bridgehead atoms. The van der Waals surface area contributed by atoms with Crippen LogP contribution >= 0.6 is 11.6 Å². The van der Waals surface area contributed by atoms with Gasteiger partial charge in [0, 0.05) is 45.5 Å². The molecule has 0 radical (unpaired) electrons. The highest BCUT2D eigenvalue weighted by Gasteiger charge is 2.31. The standard InChI is InChI=1S/C19H21ClF3N5O2/c20-17-15(27-7-5-26(6-8-27)12-14-2-1-9-30-14)11-25-28(18(17)29)16-4-3-13(10-24-16)19(21,22)23/h3-4,10-11,14H,1-2,5-9,12H2/t14-/m0/s1. The molecule has 4 rings (SSSR count). The number of hydrogen-bond acceptors (Lipinski definition) is 6. The van der Waals surface area contributed by atoms with Crippen LogP contribution in [0.25, 0.3) is 5.82 Å². The molecule has 162 valence electrons. The lowest BCUT2D eigenvalue weighted by molar-refractivity contribution is -0.137. The molecule has 2 aliphatic heterocycles. The van der Waals surface area contributed by atoms with Crippen LogP contribution in [0.5, 0.6) is 0 Å². The molecule has 0 aliphatic carbocycles. The van der Waals surface area contributed by atoms with Crippen LogP contribution in [0.4, 0.5) is 18.9 Å². The Bertz CT molecular complexity index is 937. The van der Waals surface area contributed by atoms with Crippen LogP contribution in [-0.2, 0) is 10.9 Å². The monoisotopic (exact) mass is 443 g/mol. The molecule has 0 aromatic carbocycles. The molecule has 1 atom stereocenters. The lowest BCUT2D eigenvalue weighted by atomic mass is 10.2. The van der Waals surface area contributed by atoms with Crippen LogP contribution in [0.2, 0.25) is 5.02 Å². The number of nitrogens with zero attached hydrogens (tertiary/aromatic N) is 5. The fourth-order valence-electron chi connectivity index (χ4n) is 3.73. The van der Waals surface area contributed by atoms with E-state index in [-0.39, 0.29) is 10.8 Å². The minimum absolute atomic E-state index is 0.0252.